The van der Waals surface area contributed by atoms with Gasteiger partial charge < -0.3 is 5.73 Å². The fourth-order valence-corrected chi connectivity index (χ4v) is 4.22. The fourth-order valence-electron chi connectivity index (χ4n) is 2.61. The smallest absolute Gasteiger partial charge is 0.239 e. The van der Waals surface area contributed by atoms with Gasteiger partial charge in [-0.2, -0.15) is 0 Å². The van der Waals surface area contributed by atoms with Crippen molar-refractivity contribution in [2.75, 3.05) is 12.4 Å². The van der Waals surface area contributed by atoms with Gasteiger partial charge in [0.05, 0.1) is 21.6 Å². The second-order valence-corrected chi connectivity index (χ2v) is 7.99. The van der Waals surface area contributed by atoms with Crippen LogP contribution in [0.2, 0.25) is 0 Å². The van der Waals surface area contributed by atoms with E-state index in [-0.39, 0.29) is 10.9 Å². The normalized spacial score (nSPS) is 12.5. The Morgan fingerprint density at radius 3 is 2.62 bits per heavy atom. The van der Waals surface area contributed by atoms with E-state index in [2.05, 4.69) is 31.2 Å². The third-order valence-electron chi connectivity index (χ3n) is 3.85. The first-order valence-corrected chi connectivity index (χ1v) is 9.86. The SMILES string of the molecule is CN=C(N)Nc1nc2cc(Br)c(S(N)(=O)=O)cc2n1-c1ccccc1C. The zero-order valence-corrected chi connectivity index (χ0v) is 16.5. The molecule has 8 nitrogen and oxygen atoms in total. The summed E-state index contributed by atoms with van der Waals surface area (Å²) in [5.74, 6) is 0.594. The number of aromatic nitrogens is 2. The van der Waals surface area contributed by atoms with E-state index in [1.165, 1.54) is 6.07 Å². The highest BCUT2D eigenvalue weighted by atomic mass is 79.9. The molecule has 136 valence electrons. The summed E-state index contributed by atoms with van der Waals surface area (Å²) in [6.45, 7) is 1.95. The maximum Gasteiger partial charge on any atom is 0.239 e. The number of guanidine groups is 1. The molecule has 3 aromatic rings. The second kappa shape index (κ2) is 6.71. The summed E-state index contributed by atoms with van der Waals surface area (Å²) in [7, 11) is -2.35. The molecule has 1 heterocycles. The Labute approximate surface area is 159 Å². The van der Waals surface area contributed by atoms with Gasteiger partial charge in [-0.25, -0.2) is 18.5 Å². The van der Waals surface area contributed by atoms with Crippen molar-refractivity contribution in [3.05, 3.63) is 46.4 Å². The lowest BCUT2D eigenvalue weighted by Crippen LogP contribution is -2.24. The van der Waals surface area contributed by atoms with Crippen molar-refractivity contribution in [1.29, 1.82) is 0 Å². The average Bonchev–Trinajstić information content (AvgIpc) is 2.90. The molecule has 10 heteroatoms. The fraction of sp³-hybridized carbons (Fsp3) is 0.125. The standard InChI is InChI=1S/C16H17BrN6O2S/c1-9-5-3-4-6-12(9)23-13-8-14(26(19,24)25)10(17)7-11(13)21-16(23)22-15(18)20-2/h3-8H,1-2H3,(H2,19,24,25)(H3,18,20,21,22). The van der Waals surface area contributed by atoms with Gasteiger partial charge in [0.25, 0.3) is 0 Å². The van der Waals surface area contributed by atoms with E-state index < -0.39 is 10.0 Å². The van der Waals surface area contributed by atoms with Crippen LogP contribution in [0, 0.1) is 6.92 Å². The Balaban J connectivity index is 2.40. The van der Waals surface area contributed by atoms with Crippen LogP contribution in [0.1, 0.15) is 5.56 Å². The minimum absolute atomic E-state index is 0.0246. The zero-order chi connectivity index (χ0) is 19.1. The van der Waals surface area contributed by atoms with Gasteiger partial charge in [-0.05, 0) is 46.6 Å². The molecule has 0 spiro atoms. The van der Waals surface area contributed by atoms with Gasteiger partial charge in [-0.15, -0.1) is 0 Å². The summed E-state index contributed by atoms with van der Waals surface area (Å²) < 4.78 is 25.9. The summed E-state index contributed by atoms with van der Waals surface area (Å²) >= 11 is 3.25. The third-order valence-corrected chi connectivity index (χ3v) is 5.72. The van der Waals surface area contributed by atoms with Gasteiger partial charge in [0.1, 0.15) is 0 Å². The summed E-state index contributed by atoms with van der Waals surface area (Å²) in [6.07, 6.45) is 0. The lowest BCUT2D eigenvalue weighted by Gasteiger charge is -2.13. The molecular formula is C16H17BrN6O2S. The predicted octanol–water partition coefficient (Wildman–Crippen LogP) is 2.10. The van der Waals surface area contributed by atoms with Crippen molar-refractivity contribution in [3.63, 3.8) is 0 Å². The monoisotopic (exact) mass is 436 g/mol. The maximum atomic E-state index is 11.9. The number of benzene rings is 2. The number of aryl methyl sites for hydroxylation is 1. The van der Waals surface area contributed by atoms with Crippen LogP contribution < -0.4 is 16.2 Å². The number of halogens is 1. The molecule has 0 unspecified atom stereocenters. The van der Waals surface area contributed by atoms with Gasteiger partial charge >= 0.3 is 0 Å². The van der Waals surface area contributed by atoms with Crippen LogP contribution in [0.5, 0.6) is 0 Å². The van der Waals surface area contributed by atoms with Crippen LogP contribution in [0.3, 0.4) is 0 Å². The van der Waals surface area contributed by atoms with E-state index in [0.717, 1.165) is 11.3 Å². The number of nitrogens with one attached hydrogen (secondary N) is 1. The number of aliphatic imine (C=N–C) groups is 1. The molecule has 3 rings (SSSR count). The largest absolute Gasteiger partial charge is 0.370 e. The molecule has 0 aliphatic rings. The second-order valence-electron chi connectivity index (χ2n) is 5.61. The molecule has 5 N–H and O–H groups in total. The lowest BCUT2D eigenvalue weighted by atomic mass is 10.2. The van der Waals surface area contributed by atoms with Crippen molar-refractivity contribution in [2.24, 2.45) is 15.9 Å². The quantitative estimate of drug-likeness (QED) is 0.427. The molecule has 2 aromatic carbocycles. The van der Waals surface area contributed by atoms with E-state index in [9.17, 15) is 8.42 Å². The van der Waals surface area contributed by atoms with Crippen molar-refractivity contribution in [1.82, 2.24) is 9.55 Å². The van der Waals surface area contributed by atoms with E-state index in [1.54, 1.807) is 17.7 Å². The van der Waals surface area contributed by atoms with Gasteiger partial charge in [-0.1, -0.05) is 18.2 Å². The predicted molar refractivity (Wildman–Crippen MR) is 106 cm³/mol. The third kappa shape index (κ3) is 3.30. The Morgan fingerprint density at radius 1 is 1.31 bits per heavy atom. The van der Waals surface area contributed by atoms with Gasteiger partial charge in [0.15, 0.2) is 5.96 Å². The number of primary sulfonamides is 1. The molecule has 26 heavy (non-hydrogen) atoms. The number of hydrogen-bond acceptors (Lipinski definition) is 4. The van der Waals surface area contributed by atoms with E-state index in [4.69, 9.17) is 10.9 Å². The molecule has 0 atom stereocenters. The molecular weight excluding hydrogens is 420 g/mol. The average molecular weight is 437 g/mol. The first kappa shape index (κ1) is 18.4. The number of imidazole rings is 1. The van der Waals surface area contributed by atoms with Crippen LogP contribution in [0.25, 0.3) is 16.7 Å². The molecule has 0 amide bonds. The van der Waals surface area contributed by atoms with Gasteiger partial charge in [-0.3, -0.25) is 14.9 Å². The summed E-state index contributed by atoms with van der Waals surface area (Å²) in [5, 5.41) is 8.27. The molecule has 0 saturated carbocycles. The zero-order valence-electron chi connectivity index (χ0n) is 14.1. The van der Waals surface area contributed by atoms with E-state index in [1.807, 2.05) is 31.2 Å². The first-order valence-electron chi connectivity index (χ1n) is 7.52. The number of fused-ring (bicyclic) bond motifs is 1. The number of sulfonamides is 1. The molecule has 0 saturated heterocycles. The van der Waals surface area contributed by atoms with Crippen LogP contribution in [-0.4, -0.2) is 31.0 Å². The highest BCUT2D eigenvalue weighted by molar-refractivity contribution is 9.10. The van der Waals surface area contributed by atoms with Crippen molar-refractivity contribution in [2.45, 2.75) is 11.8 Å². The number of anilines is 1. The molecule has 0 fully saturated rings. The minimum Gasteiger partial charge on any atom is -0.370 e. The number of rotatable bonds is 3. The summed E-state index contributed by atoms with van der Waals surface area (Å²) in [4.78, 5) is 8.39. The minimum atomic E-state index is -3.91. The molecule has 1 aromatic heterocycles. The lowest BCUT2D eigenvalue weighted by molar-refractivity contribution is 0.597. The highest BCUT2D eigenvalue weighted by Crippen LogP contribution is 2.32. The van der Waals surface area contributed by atoms with Crippen molar-refractivity contribution < 1.29 is 8.42 Å². The maximum absolute atomic E-state index is 11.9. The molecule has 0 aliphatic carbocycles. The number of nitrogens with two attached hydrogens (primary N) is 2. The molecule has 0 bridgehead atoms. The summed E-state index contributed by atoms with van der Waals surface area (Å²) in [5.41, 5.74) is 8.73. The topological polar surface area (TPSA) is 128 Å². The Hall–Kier alpha value is -2.43. The number of nitrogens with zero attached hydrogens (tertiary/aromatic N) is 3. The Morgan fingerprint density at radius 2 is 2.00 bits per heavy atom. The van der Waals surface area contributed by atoms with Crippen LogP contribution in [0.15, 0.2) is 50.8 Å². The number of hydrogen-bond donors (Lipinski definition) is 3. The summed E-state index contributed by atoms with van der Waals surface area (Å²) in [6, 6.07) is 10.7. The van der Waals surface area contributed by atoms with Gasteiger partial charge in [0, 0.05) is 11.5 Å². The molecule has 0 radical (unpaired) electrons. The Kier molecular flexibility index (Phi) is 4.74. The van der Waals surface area contributed by atoms with Crippen molar-refractivity contribution >= 4 is 48.9 Å². The van der Waals surface area contributed by atoms with E-state index in [0.29, 0.717) is 21.5 Å². The first-order chi connectivity index (χ1) is 12.2. The highest BCUT2D eigenvalue weighted by Gasteiger charge is 2.20. The van der Waals surface area contributed by atoms with Crippen molar-refractivity contribution in [3.8, 4) is 5.69 Å². The molecule has 0 aliphatic heterocycles. The number of para-hydroxylation sites is 1. The van der Waals surface area contributed by atoms with Crippen LogP contribution in [-0.2, 0) is 10.0 Å². The van der Waals surface area contributed by atoms with E-state index >= 15 is 0 Å². The Bertz CT molecular complexity index is 1140. The van der Waals surface area contributed by atoms with Crippen LogP contribution in [0.4, 0.5) is 5.95 Å². The van der Waals surface area contributed by atoms with Crippen LogP contribution >= 0.6 is 15.9 Å². The van der Waals surface area contributed by atoms with Gasteiger partial charge in [0.2, 0.25) is 16.0 Å².